The Morgan fingerprint density at radius 3 is 2.52 bits per heavy atom. The number of primary amides is 2. The summed E-state index contributed by atoms with van der Waals surface area (Å²) in [6.45, 7) is 15.1. The molecule has 0 aliphatic carbocycles. The summed E-state index contributed by atoms with van der Waals surface area (Å²) >= 11 is 1.03. The number of carbonyl (C=O) groups is 3. The molecule has 0 bridgehead atoms. The topological polar surface area (TPSA) is 246 Å². The van der Waals surface area contributed by atoms with Gasteiger partial charge >= 0.3 is 5.91 Å². The van der Waals surface area contributed by atoms with E-state index in [1.54, 1.807) is 23.6 Å². The van der Waals surface area contributed by atoms with Gasteiger partial charge < -0.3 is 30.4 Å². The maximum atomic E-state index is 13.2. The highest BCUT2D eigenvalue weighted by Gasteiger charge is 2.36. The number of aryl methyl sites for hydroxylation is 2. The SMILES string of the molecule is CCc1nc(C)oc1C(=O)/N=c1\sc2nc(C(N)=O)cnc2n1C/C=C/CNc1c(OCCCO[Si](C)(C)C(C)(C)C)cc(C(N)=O)cc1[N+](=O)[O-]. The Labute approximate surface area is 304 Å². The van der Waals surface area contributed by atoms with Crippen LogP contribution in [0, 0.1) is 17.0 Å². The first-order chi connectivity index (χ1) is 24.4. The number of fused-ring (bicyclic) bond motifs is 1. The van der Waals surface area contributed by atoms with Crippen LogP contribution in [-0.2, 0) is 17.4 Å². The Morgan fingerprint density at radius 2 is 1.88 bits per heavy atom. The number of nitro benzene ring substituents is 1. The minimum atomic E-state index is -1.97. The van der Waals surface area contributed by atoms with E-state index >= 15 is 0 Å². The number of nitro groups is 1. The van der Waals surface area contributed by atoms with Crippen LogP contribution in [0.3, 0.4) is 0 Å². The van der Waals surface area contributed by atoms with Gasteiger partial charge in [-0.25, -0.2) is 15.0 Å². The van der Waals surface area contributed by atoms with Gasteiger partial charge in [0.25, 0.3) is 11.6 Å². The van der Waals surface area contributed by atoms with Crippen molar-refractivity contribution in [1.82, 2.24) is 19.5 Å². The number of thiazole rings is 1. The number of hydrogen-bond donors (Lipinski definition) is 3. The standard InChI is InChI=1S/C33H43N9O8SSi/c1-8-21-26(50-19(2)38-21)30(45)40-32-41(29-31(51-32)39-22(18-37-29)28(35)44)13-10-9-12-36-25-23(42(46)47)16-20(27(34)43)17-24(25)48-14-11-15-49-52(6,7)33(3,4)5/h9-10,16-18,36H,8,11-15H2,1-7H3,(H2,34,43)(H2,35,44)/b10-9+,40-32-. The first-order valence-electron chi connectivity index (χ1n) is 16.4. The van der Waals surface area contributed by atoms with Crippen LogP contribution in [0.25, 0.3) is 10.5 Å². The second kappa shape index (κ2) is 16.4. The Hall–Kier alpha value is -5.27. The molecule has 4 rings (SSSR count). The summed E-state index contributed by atoms with van der Waals surface area (Å²) in [6.07, 6.45) is 5.63. The van der Waals surface area contributed by atoms with Crippen LogP contribution in [0.5, 0.6) is 5.75 Å². The van der Waals surface area contributed by atoms with Gasteiger partial charge in [-0.1, -0.05) is 51.2 Å². The third kappa shape index (κ3) is 9.33. The van der Waals surface area contributed by atoms with Gasteiger partial charge in [0.05, 0.1) is 23.4 Å². The van der Waals surface area contributed by atoms with Crippen LogP contribution >= 0.6 is 11.3 Å². The number of oxazole rings is 1. The van der Waals surface area contributed by atoms with Crippen LogP contribution in [0.15, 0.2) is 39.9 Å². The lowest BCUT2D eigenvalue weighted by atomic mass is 10.1. The third-order valence-corrected chi connectivity index (χ3v) is 13.9. The van der Waals surface area contributed by atoms with Gasteiger partial charge in [0, 0.05) is 44.7 Å². The lowest BCUT2D eigenvalue weighted by Crippen LogP contribution is -2.41. The minimum Gasteiger partial charge on any atom is -0.491 e. The van der Waals surface area contributed by atoms with Crippen molar-refractivity contribution < 1.29 is 32.9 Å². The zero-order chi connectivity index (χ0) is 38.4. The van der Waals surface area contributed by atoms with Gasteiger partial charge in [0.2, 0.25) is 11.7 Å². The summed E-state index contributed by atoms with van der Waals surface area (Å²) in [7, 11) is -1.97. The molecule has 17 nitrogen and oxygen atoms in total. The molecule has 278 valence electrons. The zero-order valence-electron chi connectivity index (χ0n) is 30.1. The fourth-order valence-corrected chi connectivity index (χ4v) is 6.68. The molecule has 0 radical (unpaired) electrons. The van der Waals surface area contributed by atoms with Gasteiger partial charge in [0.1, 0.15) is 11.4 Å². The lowest BCUT2D eigenvalue weighted by Gasteiger charge is -2.36. The second-order valence-electron chi connectivity index (χ2n) is 13.2. The molecule has 0 fully saturated rings. The molecular weight excluding hydrogens is 711 g/mol. The summed E-state index contributed by atoms with van der Waals surface area (Å²) < 4.78 is 19.3. The summed E-state index contributed by atoms with van der Waals surface area (Å²) in [5.41, 5.74) is 11.2. The van der Waals surface area contributed by atoms with E-state index in [0.717, 1.165) is 17.4 Å². The number of rotatable bonds is 16. The number of ether oxygens (including phenoxy) is 1. The zero-order valence-corrected chi connectivity index (χ0v) is 32.0. The molecule has 0 aliphatic heterocycles. The van der Waals surface area contributed by atoms with Crippen molar-refractivity contribution in [3.63, 3.8) is 0 Å². The molecule has 4 aromatic rings. The highest BCUT2D eigenvalue weighted by molar-refractivity contribution is 7.15. The van der Waals surface area contributed by atoms with E-state index in [1.807, 2.05) is 6.92 Å². The van der Waals surface area contributed by atoms with E-state index in [1.165, 1.54) is 12.3 Å². The Kier molecular flexibility index (Phi) is 12.4. The number of nitrogens with one attached hydrogen (secondary N) is 1. The van der Waals surface area contributed by atoms with Crippen LogP contribution in [0.4, 0.5) is 11.4 Å². The van der Waals surface area contributed by atoms with E-state index in [0.29, 0.717) is 41.5 Å². The minimum absolute atomic E-state index is 0.0209. The Balaban J connectivity index is 1.57. The average molecular weight is 754 g/mol. The fraction of sp³-hybridized carbons (Fsp3) is 0.424. The van der Waals surface area contributed by atoms with Crippen LogP contribution in [0.2, 0.25) is 18.1 Å². The quantitative estimate of drug-likeness (QED) is 0.0465. The molecule has 5 N–H and O–H groups in total. The van der Waals surface area contributed by atoms with Crippen molar-refractivity contribution in [3.05, 3.63) is 74.0 Å². The molecule has 52 heavy (non-hydrogen) atoms. The normalized spacial score (nSPS) is 12.5. The van der Waals surface area contributed by atoms with E-state index < -0.39 is 31.0 Å². The summed E-state index contributed by atoms with van der Waals surface area (Å²) in [5, 5.41) is 15.1. The van der Waals surface area contributed by atoms with Gasteiger partial charge in [-0.2, -0.15) is 4.99 Å². The van der Waals surface area contributed by atoms with Crippen molar-refractivity contribution in [3.8, 4) is 5.75 Å². The van der Waals surface area contributed by atoms with Crippen LogP contribution < -0.4 is 26.3 Å². The van der Waals surface area contributed by atoms with Gasteiger partial charge in [-0.05, 0) is 30.6 Å². The number of nitrogens with two attached hydrogens (primary N) is 2. The summed E-state index contributed by atoms with van der Waals surface area (Å²) in [4.78, 5) is 66.0. The highest BCUT2D eigenvalue weighted by atomic mass is 32.1. The second-order valence-corrected chi connectivity index (χ2v) is 18.9. The predicted molar refractivity (Wildman–Crippen MR) is 197 cm³/mol. The van der Waals surface area contributed by atoms with Crippen molar-refractivity contribution in [2.24, 2.45) is 16.5 Å². The largest absolute Gasteiger partial charge is 0.491 e. The number of hydrogen-bond acceptors (Lipinski definition) is 13. The summed E-state index contributed by atoms with van der Waals surface area (Å²) in [6, 6.07) is 2.46. The number of aromatic nitrogens is 4. The third-order valence-electron chi connectivity index (χ3n) is 8.41. The predicted octanol–water partition coefficient (Wildman–Crippen LogP) is 4.66. The molecule has 0 spiro atoms. The average Bonchev–Trinajstić information content (AvgIpc) is 3.62. The molecular formula is C33H43N9O8SSi. The van der Waals surface area contributed by atoms with E-state index in [-0.39, 0.29) is 63.7 Å². The number of anilines is 1. The van der Waals surface area contributed by atoms with Crippen molar-refractivity contribution in [2.75, 3.05) is 25.1 Å². The molecule has 0 saturated carbocycles. The first-order valence-corrected chi connectivity index (χ1v) is 20.1. The Morgan fingerprint density at radius 1 is 1.15 bits per heavy atom. The van der Waals surface area contributed by atoms with E-state index in [4.69, 9.17) is 25.0 Å². The molecule has 0 aliphatic rings. The molecule has 0 atom stereocenters. The van der Waals surface area contributed by atoms with Gasteiger partial charge in [-0.15, -0.1) is 0 Å². The lowest BCUT2D eigenvalue weighted by molar-refractivity contribution is -0.384. The molecule has 3 heterocycles. The van der Waals surface area contributed by atoms with Gasteiger partial charge in [0.15, 0.2) is 35.2 Å². The van der Waals surface area contributed by atoms with Crippen molar-refractivity contribution in [2.45, 2.75) is 72.1 Å². The van der Waals surface area contributed by atoms with E-state index in [9.17, 15) is 24.5 Å². The number of carbonyl (C=O) groups excluding carboxylic acids is 3. The maximum Gasteiger partial charge on any atom is 0.317 e. The molecule has 3 amide bonds. The molecule has 19 heteroatoms. The molecule has 3 aromatic heterocycles. The van der Waals surface area contributed by atoms with Gasteiger partial charge in [-0.3, -0.25) is 29.1 Å². The first kappa shape index (κ1) is 39.5. The Bertz CT molecular complexity index is 2100. The smallest absolute Gasteiger partial charge is 0.317 e. The van der Waals surface area contributed by atoms with Crippen molar-refractivity contribution in [1.29, 1.82) is 0 Å². The fourth-order valence-electron chi connectivity index (χ4n) is 4.62. The molecule has 1 aromatic carbocycles. The van der Waals surface area contributed by atoms with E-state index in [2.05, 4.69) is 59.1 Å². The monoisotopic (exact) mass is 753 g/mol. The highest BCUT2D eigenvalue weighted by Crippen LogP contribution is 2.37. The maximum absolute atomic E-state index is 13.2. The molecule has 0 saturated heterocycles. The van der Waals surface area contributed by atoms with Crippen LogP contribution in [0.1, 0.15) is 77.1 Å². The number of benzene rings is 1. The molecule has 0 unspecified atom stereocenters. The van der Waals surface area contributed by atoms with Crippen LogP contribution in [-0.4, -0.2) is 70.2 Å². The number of allylic oxidation sites excluding steroid dienone is 1. The number of nitrogens with zero attached hydrogens (tertiary/aromatic N) is 6. The number of amides is 3. The summed E-state index contributed by atoms with van der Waals surface area (Å²) in [5.74, 6) is -1.80. The van der Waals surface area contributed by atoms with Crippen molar-refractivity contribution >= 4 is 59.2 Å².